The lowest BCUT2D eigenvalue weighted by Gasteiger charge is -2.29. The molecule has 1 spiro atoms. The second-order valence-electron chi connectivity index (χ2n) is 13.9. The first-order valence-corrected chi connectivity index (χ1v) is 16.8. The van der Waals surface area contributed by atoms with E-state index in [1.54, 1.807) is 6.20 Å². The van der Waals surface area contributed by atoms with Crippen molar-refractivity contribution in [3.8, 4) is 39.8 Å². The molecule has 0 radical (unpaired) electrons. The number of aliphatic hydroxyl groups excluding tert-OH is 1. The number of nitrogens with zero attached hydrogens (tertiary/aromatic N) is 2. The lowest BCUT2D eigenvalue weighted by atomic mass is 9.72. The molecule has 4 aliphatic heterocycles. The van der Waals surface area contributed by atoms with E-state index in [0.717, 1.165) is 50.0 Å². The van der Waals surface area contributed by atoms with E-state index in [-0.39, 0.29) is 24.1 Å². The van der Waals surface area contributed by atoms with Crippen molar-refractivity contribution < 1.29 is 28.3 Å². The van der Waals surface area contributed by atoms with E-state index in [0.29, 0.717) is 23.0 Å². The largest absolute Gasteiger partial charge is 0.469 e. The molecule has 6 aromatic rings. The van der Waals surface area contributed by atoms with E-state index in [1.165, 1.54) is 6.92 Å². The summed E-state index contributed by atoms with van der Waals surface area (Å²) in [6.45, 7) is 5.29. The molecular weight excluding hydrogens is 636 g/mol. The van der Waals surface area contributed by atoms with Gasteiger partial charge >= 0.3 is 0 Å². The third-order valence-electron chi connectivity index (χ3n) is 10.5. The van der Waals surface area contributed by atoms with E-state index in [9.17, 15) is 14.7 Å². The lowest BCUT2D eigenvalue weighted by molar-refractivity contribution is -0.133. The molecule has 3 aromatic carbocycles. The second kappa shape index (κ2) is 10.1. The predicted octanol–water partition coefficient (Wildman–Crippen LogP) is 5.17. The fourth-order valence-corrected chi connectivity index (χ4v) is 8.15. The SMILES string of the molecule is CC(C)[C@@H]1NC(=O)[C@@H](NC(=O)[C@H](C)O)Cc2ccc3c(c2)C24c5cccc(c5N[C@H]2O3)-c2cccc3[nH]cc(c23)-c2cnc(o2)-c2nc1oc24. The van der Waals surface area contributed by atoms with Gasteiger partial charge in [0.05, 0.1) is 6.20 Å². The normalized spacial score (nSPS) is 22.9. The Kier molecular flexibility index (Phi) is 5.86. The van der Waals surface area contributed by atoms with Crippen LogP contribution < -0.4 is 20.7 Å². The molecule has 50 heavy (non-hydrogen) atoms. The molecule has 0 saturated heterocycles. The molecule has 12 nitrogen and oxygen atoms in total. The highest BCUT2D eigenvalue weighted by Crippen LogP contribution is 2.61. The van der Waals surface area contributed by atoms with E-state index in [2.05, 4.69) is 45.2 Å². The number of hydrogen-bond donors (Lipinski definition) is 5. The molecule has 1 unspecified atom stereocenters. The minimum absolute atomic E-state index is 0.165. The summed E-state index contributed by atoms with van der Waals surface area (Å²) in [4.78, 5) is 40.0. The fraction of sp³-hybridized carbons (Fsp3) is 0.263. The minimum atomic E-state index is -1.30. The zero-order chi connectivity index (χ0) is 34.1. The van der Waals surface area contributed by atoms with Gasteiger partial charge in [0.25, 0.3) is 0 Å². The second-order valence-corrected chi connectivity index (χ2v) is 13.9. The van der Waals surface area contributed by atoms with Gasteiger partial charge in [-0.15, -0.1) is 0 Å². The van der Waals surface area contributed by atoms with Crippen molar-refractivity contribution in [1.29, 1.82) is 0 Å². The van der Waals surface area contributed by atoms with Gasteiger partial charge in [-0.1, -0.05) is 56.3 Å². The van der Waals surface area contributed by atoms with Crippen molar-refractivity contribution in [1.82, 2.24) is 25.6 Å². The van der Waals surface area contributed by atoms with Gasteiger partial charge in [-0.3, -0.25) is 9.59 Å². The molecule has 4 aliphatic rings. The van der Waals surface area contributed by atoms with Gasteiger partial charge in [-0.05, 0) is 36.1 Å². The molecule has 5 atom stereocenters. The van der Waals surface area contributed by atoms with Crippen molar-refractivity contribution in [3.63, 3.8) is 0 Å². The molecule has 12 heteroatoms. The van der Waals surface area contributed by atoms with Gasteiger partial charge in [0.1, 0.15) is 29.4 Å². The Hall–Kier alpha value is -5.88. The van der Waals surface area contributed by atoms with Crippen LogP contribution >= 0.6 is 0 Å². The zero-order valence-electron chi connectivity index (χ0n) is 27.3. The number of amides is 2. The maximum Gasteiger partial charge on any atom is 0.249 e. The minimum Gasteiger partial charge on any atom is -0.469 e. The number of H-pyrrole nitrogens is 1. The zero-order valence-corrected chi connectivity index (χ0v) is 27.3. The number of ether oxygens (including phenoxy) is 1. The van der Waals surface area contributed by atoms with Crippen LogP contribution in [-0.2, 0) is 21.4 Å². The average Bonchev–Trinajstić information content (AvgIpc) is 3.92. The number of aliphatic hydroxyl groups is 1. The van der Waals surface area contributed by atoms with Crippen LogP contribution in [0.1, 0.15) is 55.2 Å². The van der Waals surface area contributed by atoms with Crippen LogP contribution in [0.25, 0.3) is 44.9 Å². The van der Waals surface area contributed by atoms with Crippen molar-refractivity contribution in [3.05, 3.63) is 95.3 Å². The molecule has 5 N–H and O–H groups in total. The van der Waals surface area contributed by atoms with Gasteiger partial charge in [0.15, 0.2) is 23.4 Å². The van der Waals surface area contributed by atoms with Crippen LogP contribution in [0.15, 0.2) is 75.8 Å². The van der Waals surface area contributed by atoms with Crippen molar-refractivity contribution in [2.75, 3.05) is 5.32 Å². The van der Waals surface area contributed by atoms with Crippen LogP contribution in [0, 0.1) is 5.92 Å². The number of para-hydroxylation sites is 1. The first-order valence-electron chi connectivity index (χ1n) is 16.8. The summed E-state index contributed by atoms with van der Waals surface area (Å²) in [6, 6.07) is 16.6. The molecule has 0 aliphatic carbocycles. The first kappa shape index (κ1) is 29.1. The highest BCUT2D eigenvalue weighted by molar-refractivity contribution is 6.07. The number of rotatable bonds is 3. The molecule has 10 rings (SSSR count). The maximum atomic E-state index is 14.0. The highest BCUT2D eigenvalue weighted by Gasteiger charge is 2.61. The molecule has 10 bridgehead atoms. The van der Waals surface area contributed by atoms with E-state index in [4.69, 9.17) is 23.5 Å². The van der Waals surface area contributed by atoms with Crippen LogP contribution in [-0.4, -0.2) is 50.2 Å². The van der Waals surface area contributed by atoms with Crippen LogP contribution in [0.2, 0.25) is 0 Å². The summed E-state index contributed by atoms with van der Waals surface area (Å²) >= 11 is 0. The summed E-state index contributed by atoms with van der Waals surface area (Å²) in [5.74, 6) is 0.993. The smallest absolute Gasteiger partial charge is 0.249 e. The molecule has 3 aromatic heterocycles. The summed E-state index contributed by atoms with van der Waals surface area (Å²) < 4.78 is 20.3. The first-order chi connectivity index (χ1) is 24.2. The topological polar surface area (TPSA) is 168 Å². The number of oxazole rings is 2. The van der Waals surface area contributed by atoms with Crippen LogP contribution in [0.4, 0.5) is 5.69 Å². The van der Waals surface area contributed by atoms with Gasteiger partial charge in [0.2, 0.25) is 23.6 Å². The van der Waals surface area contributed by atoms with Gasteiger partial charge in [-0.2, -0.15) is 0 Å². The quantitative estimate of drug-likeness (QED) is 0.171. The maximum absolute atomic E-state index is 14.0. The van der Waals surface area contributed by atoms with E-state index >= 15 is 0 Å². The molecule has 250 valence electrons. The number of benzene rings is 3. The predicted molar refractivity (Wildman–Crippen MR) is 182 cm³/mol. The number of fused-ring (bicyclic) bond motifs is 7. The Morgan fingerprint density at radius 3 is 2.70 bits per heavy atom. The summed E-state index contributed by atoms with van der Waals surface area (Å²) in [5.41, 5.74) is 6.61. The standard InChI is InChI=1S/C38H32N6O6/c1-16(2)29-36-43-31-32(50-36)38-22-8-4-7-20(19-6-5-9-24-28(19)21(14-39-24)27-15-40-35(31)48-27)30(22)44-37(38)49-26-11-10-18(12-23(26)38)13-25(34(47)42-29)41-33(46)17(3)45/h4-12,14-17,25,29,37,39,44-45H,13H2,1-3H3,(H,41,46)(H,42,47)/t17-,25-,29-,37-,38?/m0/s1. The van der Waals surface area contributed by atoms with Crippen molar-refractivity contribution >= 4 is 28.4 Å². The number of hydrogen-bond acceptors (Lipinski definition) is 9. The van der Waals surface area contributed by atoms with E-state index in [1.807, 2.05) is 50.4 Å². The Bertz CT molecular complexity index is 2420. The van der Waals surface area contributed by atoms with Gasteiger partial charge in [-0.25, -0.2) is 9.97 Å². The molecule has 0 saturated carbocycles. The van der Waals surface area contributed by atoms with Crippen LogP contribution in [0.3, 0.4) is 0 Å². The molecule has 7 heterocycles. The molecule has 2 amide bonds. The van der Waals surface area contributed by atoms with Gasteiger partial charge in [0, 0.05) is 51.5 Å². The number of nitrogens with one attached hydrogen (secondary N) is 4. The lowest BCUT2D eigenvalue weighted by Crippen LogP contribution is -2.51. The fourth-order valence-electron chi connectivity index (χ4n) is 8.15. The van der Waals surface area contributed by atoms with Crippen molar-refractivity contribution in [2.45, 2.75) is 57.0 Å². The number of aromatic amines is 1. The Morgan fingerprint density at radius 2 is 1.86 bits per heavy atom. The summed E-state index contributed by atoms with van der Waals surface area (Å²) in [7, 11) is 0. The number of carbonyl (C=O) groups is 2. The average molecular weight is 669 g/mol. The molecular formula is C38H32N6O6. The Labute approximate surface area is 285 Å². The van der Waals surface area contributed by atoms with E-state index < -0.39 is 41.6 Å². The monoisotopic (exact) mass is 668 g/mol. The highest BCUT2D eigenvalue weighted by atomic mass is 16.5. The third kappa shape index (κ3) is 3.79. The van der Waals surface area contributed by atoms with Crippen molar-refractivity contribution in [2.24, 2.45) is 5.92 Å². The Balaban J connectivity index is 1.31. The third-order valence-corrected chi connectivity index (χ3v) is 10.5. The number of carbonyl (C=O) groups excluding carboxylic acids is 2. The molecule has 0 fully saturated rings. The Morgan fingerprint density at radius 1 is 1.02 bits per heavy atom. The van der Waals surface area contributed by atoms with Gasteiger partial charge < -0.3 is 39.6 Å². The summed E-state index contributed by atoms with van der Waals surface area (Å²) in [6.07, 6.45) is 1.88. The number of aromatic nitrogens is 3. The number of anilines is 1. The van der Waals surface area contributed by atoms with Crippen LogP contribution in [0.5, 0.6) is 5.75 Å². The summed E-state index contributed by atoms with van der Waals surface area (Å²) in [5, 5.41) is 20.6.